The van der Waals surface area contributed by atoms with Crippen molar-refractivity contribution in [3.05, 3.63) is 35.4 Å². The zero-order valence-corrected chi connectivity index (χ0v) is 19.7. The van der Waals surface area contributed by atoms with Gasteiger partial charge in [-0.2, -0.15) is 0 Å². The Bertz CT molecular complexity index is 546. The van der Waals surface area contributed by atoms with Gasteiger partial charge in [0.1, 0.15) is 0 Å². The average molecular weight is 488 g/mol. The molecule has 0 amide bonds. The Balaban J connectivity index is 0.00000364. The summed E-state index contributed by atoms with van der Waals surface area (Å²) in [5.41, 5.74) is 2.63. The number of guanidine groups is 1. The molecule has 1 atom stereocenters. The van der Waals surface area contributed by atoms with Crippen LogP contribution in [-0.2, 0) is 17.8 Å². The van der Waals surface area contributed by atoms with Gasteiger partial charge in [0.2, 0.25) is 0 Å². The van der Waals surface area contributed by atoms with Crippen molar-refractivity contribution in [3.63, 3.8) is 0 Å². The largest absolute Gasteiger partial charge is 0.384 e. The van der Waals surface area contributed by atoms with Crippen LogP contribution < -0.4 is 5.32 Å². The molecule has 0 bridgehead atoms. The van der Waals surface area contributed by atoms with Gasteiger partial charge in [-0.1, -0.05) is 38.1 Å². The highest BCUT2D eigenvalue weighted by atomic mass is 127. The van der Waals surface area contributed by atoms with Gasteiger partial charge in [0, 0.05) is 39.2 Å². The van der Waals surface area contributed by atoms with Crippen molar-refractivity contribution in [1.29, 1.82) is 0 Å². The van der Waals surface area contributed by atoms with Crippen LogP contribution in [0.15, 0.2) is 29.3 Å². The van der Waals surface area contributed by atoms with Crippen molar-refractivity contribution < 1.29 is 4.74 Å². The smallest absolute Gasteiger partial charge is 0.194 e. The quantitative estimate of drug-likeness (QED) is 0.328. The zero-order valence-electron chi connectivity index (χ0n) is 17.4. The topological polar surface area (TPSA) is 40.1 Å². The second-order valence-electron chi connectivity index (χ2n) is 7.00. The Hall–Kier alpha value is -0.860. The standard InChI is InChI=1S/C21H36N4O.HI/c1-5-22-21(25-13-12-20(16-25)17-26-4)23-14-18-8-10-19(11-9-18)15-24(6-2)7-3;/h8-11,20H,5-7,12-17H2,1-4H3,(H,22,23);1H. The number of ether oxygens (including phenoxy) is 1. The summed E-state index contributed by atoms with van der Waals surface area (Å²) in [7, 11) is 1.78. The van der Waals surface area contributed by atoms with Crippen LogP contribution in [0.3, 0.4) is 0 Å². The molecule has 154 valence electrons. The fourth-order valence-electron chi connectivity index (χ4n) is 3.44. The van der Waals surface area contributed by atoms with E-state index in [0.29, 0.717) is 5.92 Å². The van der Waals surface area contributed by atoms with Crippen LogP contribution in [0.5, 0.6) is 0 Å². The number of methoxy groups -OCH3 is 1. The molecular weight excluding hydrogens is 451 g/mol. The first-order valence-corrected chi connectivity index (χ1v) is 10.0. The summed E-state index contributed by atoms with van der Waals surface area (Å²) in [6.07, 6.45) is 1.18. The van der Waals surface area contributed by atoms with Crippen LogP contribution in [0, 0.1) is 5.92 Å². The highest BCUT2D eigenvalue weighted by Gasteiger charge is 2.24. The van der Waals surface area contributed by atoms with Gasteiger partial charge in [0.15, 0.2) is 5.96 Å². The second kappa shape index (κ2) is 13.3. The van der Waals surface area contributed by atoms with Crippen LogP contribution in [0.4, 0.5) is 0 Å². The molecule has 1 saturated heterocycles. The van der Waals surface area contributed by atoms with E-state index in [1.165, 1.54) is 17.5 Å². The normalized spacial score (nSPS) is 17.3. The average Bonchev–Trinajstić information content (AvgIpc) is 3.13. The first-order valence-electron chi connectivity index (χ1n) is 10.0. The van der Waals surface area contributed by atoms with E-state index in [1.54, 1.807) is 7.11 Å². The van der Waals surface area contributed by atoms with E-state index in [-0.39, 0.29) is 24.0 Å². The Morgan fingerprint density at radius 2 is 1.85 bits per heavy atom. The maximum atomic E-state index is 5.31. The summed E-state index contributed by atoms with van der Waals surface area (Å²) >= 11 is 0. The SMILES string of the molecule is CCNC(=NCc1ccc(CN(CC)CC)cc1)N1CCC(COC)C1.I. The van der Waals surface area contributed by atoms with Crippen LogP contribution in [0.1, 0.15) is 38.3 Å². The third kappa shape index (κ3) is 7.95. The molecule has 0 spiro atoms. The molecule has 2 rings (SSSR count). The molecule has 1 aromatic rings. The number of halogens is 1. The Kier molecular flexibility index (Phi) is 11.9. The third-order valence-electron chi connectivity index (χ3n) is 5.06. The lowest BCUT2D eigenvalue weighted by Crippen LogP contribution is -2.40. The van der Waals surface area contributed by atoms with Gasteiger partial charge < -0.3 is 15.0 Å². The van der Waals surface area contributed by atoms with Crippen LogP contribution >= 0.6 is 24.0 Å². The van der Waals surface area contributed by atoms with Gasteiger partial charge in [-0.25, -0.2) is 4.99 Å². The summed E-state index contributed by atoms with van der Waals surface area (Å²) in [6, 6.07) is 8.90. The van der Waals surface area contributed by atoms with E-state index in [2.05, 4.69) is 60.2 Å². The molecule has 1 fully saturated rings. The molecule has 27 heavy (non-hydrogen) atoms. The van der Waals surface area contributed by atoms with E-state index in [9.17, 15) is 0 Å². The number of likely N-dealkylation sites (tertiary alicyclic amines) is 1. The van der Waals surface area contributed by atoms with Crippen LogP contribution in [0.25, 0.3) is 0 Å². The lowest BCUT2D eigenvalue weighted by atomic mass is 10.1. The Morgan fingerprint density at radius 1 is 1.19 bits per heavy atom. The van der Waals surface area contributed by atoms with E-state index in [0.717, 1.165) is 58.4 Å². The zero-order chi connectivity index (χ0) is 18.8. The molecule has 1 N–H and O–H groups in total. The summed E-state index contributed by atoms with van der Waals surface area (Å²) in [6.45, 7) is 14.3. The van der Waals surface area contributed by atoms with Crippen LogP contribution in [-0.4, -0.2) is 62.2 Å². The molecule has 0 saturated carbocycles. The van der Waals surface area contributed by atoms with Crippen molar-refractivity contribution in [3.8, 4) is 0 Å². The van der Waals surface area contributed by atoms with Gasteiger partial charge in [-0.05, 0) is 37.6 Å². The summed E-state index contributed by atoms with van der Waals surface area (Å²) < 4.78 is 5.31. The van der Waals surface area contributed by atoms with Crippen LogP contribution in [0.2, 0.25) is 0 Å². The highest BCUT2D eigenvalue weighted by Crippen LogP contribution is 2.17. The minimum Gasteiger partial charge on any atom is -0.384 e. The molecule has 1 heterocycles. The van der Waals surface area contributed by atoms with Crippen molar-refractivity contribution in [2.45, 2.75) is 40.3 Å². The molecule has 1 aliphatic heterocycles. The predicted molar refractivity (Wildman–Crippen MR) is 125 cm³/mol. The fraction of sp³-hybridized carbons (Fsp3) is 0.667. The number of nitrogens with one attached hydrogen (secondary N) is 1. The number of rotatable bonds is 9. The molecular formula is C21H37IN4O. The maximum absolute atomic E-state index is 5.31. The lowest BCUT2D eigenvalue weighted by molar-refractivity contribution is 0.157. The monoisotopic (exact) mass is 488 g/mol. The van der Waals surface area contributed by atoms with Crippen molar-refractivity contribution in [2.75, 3.05) is 46.4 Å². The van der Waals surface area contributed by atoms with E-state index in [4.69, 9.17) is 9.73 Å². The van der Waals surface area contributed by atoms with E-state index in [1.807, 2.05) is 0 Å². The number of hydrogen-bond donors (Lipinski definition) is 1. The van der Waals surface area contributed by atoms with E-state index < -0.39 is 0 Å². The summed E-state index contributed by atoms with van der Waals surface area (Å²) in [5, 5.41) is 3.44. The van der Waals surface area contributed by atoms with E-state index >= 15 is 0 Å². The molecule has 1 unspecified atom stereocenters. The first kappa shape index (κ1) is 24.2. The molecule has 1 aliphatic rings. The minimum atomic E-state index is 0. The third-order valence-corrected chi connectivity index (χ3v) is 5.06. The summed E-state index contributed by atoms with van der Waals surface area (Å²) in [5.74, 6) is 1.64. The Morgan fingerprint density at radius 3 is 2.44 bits per heavy atom. The molecule has 0 radical (unpaired) electrons. The molecule has 0 aromatic heterocycles. The molecule has 0 aliphatic carbocycles. The fourth-order valence-corrected chi connectivity index (χ4v) is 3.44. The molecule has 5 nitrogen and oxygen atoms in total. The van der Waals surface area contributed by atoms with Crippen molar-refractivity contribution in [1.82, 2.24) is 15.1 Å². The van der Waals surface area contributed by atoms with Crippen molar-refractivity contribution in [2.24, 2.45) is 10.9 Å². The summed E-state index contributed by atoms with van der Waals surface area (Å²) in [4.78, 5) is 9.66. The first-order chi connectivity index (χ1) is 12.7. The minimum absolute atomic E-state index is 0. The molecule has 1 aromatic carbocycles. The van der Waals surface area contributed by atoms with Gasteiger partial charge >= 0.3 is 0 Å². The Labute approximate surface area is 182 Å². The number of hydrogen-bond acceptors (Lipinski definition) is 3. The van der Waals surface area contributed by atoms with Gasteiger partial charge in [0.05, 0.1) is 13.2 Å². The maximum Gasteiger partial charge on any atom is 0.194 e. The van der Waals surface area contributed by atoms with Gasteiger partial charge in [-0.15, -0.1) is 24.0 Å². The number of nitrogens with zero attached hydrogens (tertiary/aromatic N) is 3. The highest BCUT2D eigenvalue weighted by molar-refractivity contribution is 14.0. The lowest BCUT2D eigenvalue weighted by Gasteiger charge is -2.21. The second-order valence-corrected chi connectivity index (χ2v) is 7.00. The van der Waals surface area contributed by atoms with Crippen molar-refractivity contribution >= 4 is 29.9 Å². The van der Waals surface area contributed by atoms with Gasteiger partial charge in [-0.3, -0.25) is 4.90 Å². The number of aliphatic imine (C=N–C) groups is 1. The van der Waals surface area contributed by atoms with Gasteiger partial charge in [0.25, 0.3) is 0 Å². The number of benzene rings is 1. The molecule has 6 heteroatoms. The predicted octanol–water partition coefficient (Wildman–Crippen LogP) is 3.58.